The molecule has 192 valence electrons. The van der Waals surface area contributed by atoms with Gasteiger partial charge in [-0.2, -0.15) is 0 Å². The molecule has 6 fully saturated rings. The fraction of sp³-hybridized carbons (Fsp3) is 0.935. The molecule has 0 bridgehead atoms. The number of ether oxygens (including phenoxy) is 2. The lowest BCUT2D eigenvalue weighted by Gasteiger charge is -2.73. The maximum atomic E-state index is 11.5. The van der Waals surface area contributed by atoms with E-state index in [-0.39, 0.29) is 10.8 Å². The number of rotatable bonds is 1. The molecule has 1 aliphatic heterocycles. The first-order valence-corrected chi connectivity index (χ1v) is 14.3. The molecule has 0 radical (unpaired) electrons. The molecular formula is C31H50O3. The predicted octanol–water partition coefficient (Wildman–Crippen LogP) is 7.34. The van der Waals surface area contributed by atoms with Crippen LogP contribution in [0.25, 0.3) is 0 Å². The molecule has 11 atom stereocenters. The zero-order valence-corrected chi connectivity index (χ0v) is 23.2. The number of epoxide rings is 1. The van der Waals surface area contributed by atoms with E-state index < -0.39 is 11.6 Å². The SMILES string of the molecule is C=C1CC[C@]2(C)CC[C@]3(C)[C@H](CC[C@@H]4[C@@]5(C)CC6(OC)O[C@@]6(O)C(C)(C)C5CC[C@]43C)[C@@H]2C1C. The molecule has 0 aromatic carbocycles. The lowest BCUT2D eigenvalue weighted by atomic mass is 9.31. The second-order valence-electron chi connectivity index (χ2n) is 15.4. The third-order valence-corrected chi connectivity index (χ3v) is 14.3. The molecule has 5 saturated carbocycles. The first kappa shape index (κ1) is 24.0. The van der Waals surface area contributed by atoms with Crippen molar-refractivity contribution in [3.63, 3.8) is 0 Å². The Morgan fingerprint density at radius 2 is 1.62 bits per heavy atom. The Morgan fingerprint density at radius 1 is 0.912 bits per heavy atom. The monoisotopic (exact) mass is 470 g/mol. The van der Waals surface area contributed by atoms with Gasteiger partial charge in [-0.1, -0.05) is 60.6 Å². The number of fused-ring (bicyclic) bond motifs is 8. The van der Waals surface area contributed by atoms with Gasteiger partial charge in [0.15, 0.2) is 0 Å². The van der Waals surface area contributed by atoms with Crippen molar-refractivity contribution < 1.29 is 14.6 Å². The van der Waals surface area contributed by atoms with Crippen molar-refractivity contribution in [2.75, 3.05) is 7.11 Å². The number of methoxy groups -OCH3 is 1. The summed E-state index contributed by atoms with van der Waals surface area (Å²) in [4.78, 5) is 0. The highest BCUT2D eigenvalue weighted by Gasteiger charge is 2.86. The van der Waals surface area contributed by atoms with E-state index in [2.05, 4.69) is 55.0 Å². The summed E-state index contributed by atoms with van der Waals surface area (Å²) in [7, 11) is 1.73. The molecule has 5 aliphatic carbocycles. The van der Waals surface area contributed by atoms with Crippen LogP contribution in [0.15, 0.2) is 12.2 Å². The van der Waals surface area contributed by atoms with Crippen molar-refractivity contribution in [3.05, 3.63) is 12.2 Å². The normalized spacial score (nSPS) is 61.9. The van der Waals surface area contributed by atoms with Crippen molar-refractivity contribution in [3.8, 4) is 0 Å². The zero-order chi connectivity index (χ0) is 24.7. The Morgan fingerprint density at radius 3 is 2.29 bits per heavy atom. The predicted molar refractivity (Wildman–Crippen MR) is 136 cm³/mol. The Balaban J connectivity index is 1.41. The van der Waals surface area contributed by atoms with E-state index in [1.54, 1.807) is 7.11 Å². The van der Waals surface area contributed by atoms with Gasteiger partial charge >= 0.3 is 0 Å². The molecular weight excluding hydrogens is 420 g/mol. The standard InChI is InChI=1S/C31H50O3/c1-19-12-14-26(5)16-17-28(7)21(24(26)20(19)2)10-11-23-27(6)18-30(33-9)31(32,34-30)25(3,4)22(27)13-15-29(23,28)8/h20-24,32H,1,10-18H2,2-9H3/t20?,21-,22?,23-,24+,26-,27+,28-,29-,30?,31+/m1/s1. The quantitative estimate of drug-likeness (QED) is 0.322. The van der Waals surface area contributed by atoms with Crippen LogP contribution in [0, 0.1) is 56.7 Å². The molecule has 1 heterocycles. The smallest absolute Gasteiger partial charge is 0.229 e. The van der Waals surface area contributed by atoms with Crippen LogP contribution in [0.2, 0.25) is 0 Å². The van der Waals surface area contributed by atoms with Gasteiger partial charge in [0.05, 0.1) is 0 Å². The molecule has 0 aromatic rings. The van der Waals surface area contributed by atoms with E-state index in [0.29, 0.717) is 34.0 Å². The minimum atomic E-state index is -1.14. The molecule has 0 aromatic heterocycles. The number of hydrogen-bond donors (Lipinski definition) is 1. The number of hydrogen-bond acceptors (Lipinski definition) is 3. The second-order valence-corrected chi connectivity index (χ2v) is 15.4. The fourth-order valence-electron chi connectivity index (χ4n) is 12.2. The van der Waals surface area contributed by atoms with Gasteiger partial charge in [-0.25, -0.2) is 0 Å². The summed E-state index contributed by atoms with van der Waals surface area (Å²) in [6, 6.07) is 0. The third-order valence-electron chi connectivity index (χ3n) is 14.3. The summed E-state index contributed by atoms with van der Waals surface area (Å²) >= 11 is 0. The van der Waals surface area contributed by atoms with E-state index in [1.807, 2.05) is 0 Å². The van der Waals surface area contributed by atoms with E-state index in [4.69, 9.17) is 9.47 Å². The molecule has 3 nitrogen and oxygen atoms in total. The van der Waals surface area contributed by atoms with Gasteiger partial charge in [-0.3, -0.25) is 0 Å². The van der Waals surface area contributed by atoms with Crippen molar-refractivity contribution in [1.82, 2.24) is 0 Å². The van der Waals surface area contributed by atoms with Crippen LogP contribution in [0.4, 0.5) is 0 Å². The van der Waals surface area contributed by atoms with Gasteiger partial charge in [-0.15, -0.1) is 0 Å². The minimum Gasteiger partial charge on any atom is -0.361 e. The first-order valence-electron chi connectivity index (χ1n) is 14.3. The zero-order valence-electron chi connectivity index (χ0n) is 23.2. The van der Waals surface area contributed by atoms with E-state index >= 15 is 0 Å². The Bertz CT molecular complexity index is 926. The van der Waals surface area contributed by atoms with Gasteiger partial charge < -0.3 is 14.6 Å². The molecule has 0 amide bonds. The van der Waals surface area contributed by atoms with E-state index in [0.717, 1.165) is 18.3 Å². The number of allylic oxidation sites excluding steroid dienone is 1. The maximum Gasteiger partial charge on any atom is 0.229 e. The average molecular weight is 471 g/mol. The van der Waals surface area contributed by atoms with E-state index in [9.17, 15) is 5.11 Å². The van der Waals surface area contributed by atoms with Crippen LogP contribution in [-0.4, -0.2) is 23.8 Å². The topological polar surface area (TPSA) is 42.0 Å². The highest BCUT2D eigenvalue weighted by molar-refractivity contribution is 5.26. The maximum absolute atomic E-state index is 11.5. The molecule has 6 rings (SSSR count). The Labute approximate surface area is 208 Å². The highest BCUT2D eigenvalue weighted by Crippen LogP contribution is 2.81. The summed E-state index contributed by atoms with van der Waals surface area (Å²) in [6.45, 7) is 22.1. The van der Waals surface area contributed by atoms with Gasteiger partial charge in [-0.05, 0) is 103 Å². The van der Waals surface area contributed by atoms with Crippen molar-refractivity contribution >= 4 is 0 Å². The molecule has 1 N–H and O–H groups in total. The fourth-order valence-corrected chi connectivity index (χ4v) is 12.2. The van der Waals surface area contributed by atoms with Crippen LogP contribution in [-0.2, 0) is 9.47 Å². The molecule has 6 aliphatic rings. The molecule has 0 spiro atoms. The summed E-state index contributed by atoms with van der Waals surface area (Å²) in [5.74, 6) is 1.36. The molecule has 1 saturated heterocycles. The minimum absolute atomic E-state index is 0.117. The number of aliphatic hydroxyl groups is 1. The lowest BCUT2D eigenvalue weighted by molar-refractivity contribution is -0.269. The summed E-state index contributed by atoms with van der Waals surface area (Å²) in [5, 5.41) is 11.5. The van der Waals surface area contributed by atoms with Gasteiger partial charge in [0.25, 0.3) is 0 Å². The second kappa shape index (κ2) is 6.54. The molecule has 3 heteroatoms. The summed E-state index contributed by atoms with van der Waals surface area (Å²) in [6.07, 6.45) is 11.3. The van der Waals surface area contributed by atoms with Crippen LogP contribution in [0.3, 0.4) is 0 Å². The van der Waals surface area contributed by atoms with Gasteiger partial charge in [0, 0.05) is 18.9 Å². The van der Waals surface area contributed by atoms with Gasteiger partial charge in [0.2, 0.25) is 11.6 Å². The highest BCUT2D eigenvalue weighted by atomic mass is 16.9. The van der Waals surface area contributed by atoms with Crippen LogP contribution in [0.1, 0.15) is 106 Å². The van der Waals surface area contributed by atoms with Crippen molar-refractivity contribution in [2.45, 2.75) is 118 Å². The lowest BCUT2D eigenvalue weighted by Crippen LogP contribution is -2.68. The Kier molecular flexibility index (Phi) is 4.61. The molecule has 3 unspecified atom stereocenters. The third kappa shape index (κ3) is 2.38. The molecule has 34 heavy (non-hydrogen) atoms. The van der Waals surface area contributed by atoms with Crippen LogP contribution >= 0.6 is 0 Å². The van der Waals surface area contributed by atoms with Crippen molar-refractivity contribution in [1.29, 1.82) is 0 Å². The van der Waals surface area contributed by atoms with Crippen molar-refractivity contribution in [2.24, 2.45) is 56.7 Å². The summed E-state index contributed by atoms with van der Waals surface area (Å²) < 4.78 is 12.1. The Hall–Kier alpha value is -0.380. The van der Waals surface area contributed by atoms with E-state index in [1.165, 1.54) is 56.9 Å². The first-order chi connectivity index (χ1) is 15.7. The van der Waals surface area contributed by atoms with Gasteiger partial charge in [0.1, 0.15) is 0 Å². The largest absolute Gasteiger partial charge is 0.361 e. The van der Waals surface area contributed by atoms with Crippen LogP contribution < -0.4 is 0 Å². The average Bonchev–Trinajstić information content (AvgIpc) is 3.38. The van der Waals surface area contributed by atoms with Crippen LogP contribution in [0.5, 0.6) is 0 Å². The summed E-state index contributed by atoms with van der Waals surface area (Å²) in [5.41, 5.74) is 2.48.